The summed E-state index contributed by atoms with van der Waals surface area (Å²) in [5.74, 6) is 0.866. The zero-order chi connectivity index (χ0) is 18.2. The van der Waals surface area contributed by atoms with Gasteiger partial charge in [-0.2, -0.15) is 13.2 Å². The molecule has 0 aliphatic heterocycles. The van der Waals surface area contributed by atoms with Gasteiger partial charge in [0.1, 0.15) is 11.5 Å². The fourth-order valence-corrected chi connectivity index (χ4v) is 2.32. The van der Waals surface area contributed by atoms with Crippen LogP contribution in [0.2, 0.25) is 0 Å². The zero-order valence-corrected chi connectivity index (χ0v) is 14.8. The minimum absolute atomic E-state index is 0.00208. The summed E-state index contributed by atoms with van der Waals surface area (Å²) in [7, 11) is 0. The Labute approximate surface area is 142 Å². The third-order valence-electron chi connectivity index (χ3n) is 3.59. The van der Waals surface area contributed by atoms with E-state index in [0.717, 1.165) is 19.3 Å². The third kappa shape index (κ3) is 5.46. The monoisotopic (exact) mass is 344 g/mol. The average molecular weight is 344 g/mol. The van der Waals surface area contributed by atoms with Crippen molar-refractivity contribution in [2.75, 3.05) is 13.2 Å². The van der Waals surface area contributed by atoms with Crippen molar-refractivity contribution in [3.8, 4) is 11.5 Å². The van der Waals surface area contributed by atoms with Crippen LogP contribution < -0.4 is 9.47 Å². The Morgan fingerprint density at radius 1 is 1.00 bits per heavy atom. The van der Waals surface area contributed by atoms with Crippen LogP contribution in [-0.2, 0) is 6.42 Å². The molecule has 1 aromatic rings. The number of benzene rings is 1. The van der Waals surface area contributed by atoms with Crippen LogP contribution in [0.1, 0.15) is 57.6 Å². The highest BCUT2D eigenvalue weighted by Crippen LogP contribution is 2.42. The molecule has 136 valence electrons. The Balaban J connectivity index is 3.33. The van der Waals surface area contributed by atoms with E-state index in [4.69, 9.17) is 9.47 Å². The summed E-state index contributed by atoms with van der Waals surface area (Å²) in [5.41, 5.74) is -0.182. The predicted molar refractivity (Wildman–Crippen MR) is 91.7 cm³/mol. The topological polar surface area (TPSA) is 18.5 Å². The van der Waals surface area contributed by atoms with Crippen molar-refractivity contribution in [3.63, 3.8) is 0 Å². The van der Waals surface area contributed by atoms with Crippen LogP contribution in [0, 0.1) is 0 Å². The molecular formula is C19H27F3O2. The molecule has 0 bridgehead atoms. The highest BCUT2D eigenvalue weighted by atomic mass is 19.4. The van der Waals surface area contributed by atoms with E-state index in [0.29, 0.717) is 37.4 Å². The van der Waals surface area contributed by atoms with Gasteiger partial charge in [0, 0.05) is 11.1 Å². The first kappa shape index (κ1) is 20.4. The van der Waals surface area contributed by atoms with Crippen LogP contribution in [0.5, 0.6) is 11.5 Å². The number of hydrogen-bond acceptors (Lipinski definition) is 2. The van der Waals surface area contributed by atoms with Crippen molar-refractivity contribution in [3.05, 3.63) is 29.8 Å². The predicted octanol–water partition coefficient (Wildman–Crippen LogP) is 6.18. The molecule has 0 saturated carbocycles. The molecule has 24 heavy (non-hydrogen) atoms. The van der Waals surface area contributed by atoms with Gasteiger partial charge in [-0.3, -0.25) is 0 Å². The van der Waals surface area contributed by atoms with Gasteiger partial charge >= 0.3 is 6.18 Å². The van der Waals surface area contributed by atoms with Crippen LogP contribution in [0.4, 0.5) is 13.2 Å². The van der Waals surface area contributed by atoms with E-state index in [9.17, 15) is 13.2 Å². The number of hydrogen-bond donors (Lipinski definition) is 0. The van der Waals surface area contributed by atoms with Gasteiger partial charge in [-0.1, -0.05) is 40.2 Å². The van der Waals surface area contributed by atoms with Crippen molar-refractivity contribution in [2.24, 2.45) is 0 Å². The molecule has 0 fully saturated rings. The first-order valence-corrected chi connectivity index (χ1v) is 8.54. The van der Waals surface area contributed by atoms with Crippen molar-refractivity contribution < 1.29 is 22.6 Å². The van der Waals surface area contributed by atoms with E-state index < -0.39 is 11.7 Å². The Morgan fingerprint density at radius 2 is 1.71 bits per heavy atom. The van der Waals surface area contributed by atoms with Crippen LogP contribution in [-0.4, -0.2) is 19.4 Å². The lowest BCUT2D eigenvalue weighted by atomic mass is 9.98. The Hall–Kier alpha value is -1.65. The van der Waals surface area contributed by atoms with E-state index in [1.165, 1.54) is 6.07 Å². The van der Waals surface area contributed by atoms with Gasteiger partial charge in [0.25, 0.3) is 0 Å². The van der Waals surface area contributed by atoms with Crippen molar-refractivity contribution in [1.82, 2.24) is 0 Å². The Bertz CT molecular complexity index is 536. The van der Waals surface area contributed by atoms with Crippen molar-refractivity contribution in [1.29, 1.82) is 0 Å². The molecular weight excluding hydrogens is 317 g/mol. The summed E-state index contributed by atoms with van der Waals surface area (Å²) in [5, 5.41) is 0. The van der Waals surface area contributed by atoms with Gasteiger partial charge < -0.3 is 9.47 Å². The molecule has 1 aromatic carbocycles. The smallest absolute Gasteiger partial charge is 0.416 e. The summed E-state index contributed by atoms with van der Waals surface area (Å²) in [6.45, 7) is 10.1. The van der Waals surface area contributed by atoms with E-state index >= 15 is 0 Å². The second kappa shape index (κ2) is 9.60. The van der Waals surface area contributed by atoms with Crippen LogP contribution in [0.15, 0.2) is 18.7 Å². The lowest BCUT2D eigenvalue weighted by Crippen LogP contribution is -2.13. The molecule has 1 rings (SSSR count). The molecule has 5 heteroatoms. The minimum Gasteiger partial charge on any atom is -0.493 e. The van der Waals surface area contributed by atoms with Crippen LogP contribution in [0.3, 0.4) is 0 Å². The second-order valence-electron chi connectivity index (χ2n) is 5.70. The van der Waals surface area contributed by atoms with E-state index in [1.807, 2.05) is 13.8 Å². The molecule has 0 heterocycles. The second-order valence-corrected chi connectivity index (χ2v) is 5.70. The summed E-state index contributed by atoms with van der Waals surface area (Å²) in [4.78, 5) is 0. The van der Waals surface area contributed by atoms with Gasteiger partial charge in [-0.25, -0.2) is 0 Å². The third-order valence-corrected chi connectivity index (χ3v) is 3.59. The maximum Gasteiger partial charge on any atom is 0.416 e. The number of unbranched alkanes of at least 4 members (excludes halogenated alkanes) is 1. The zero-order valence-electron chi connectivity index (χ0n) is 14.8. The fraction of sp³-hybridized carbons (Fsp3) is 0.579. The van der Waals surface area contributed by atoms with E-state index in [-0.39, 0.29) is 11.3 Å². The van der Waals surface area contributed by atoms with Crippen molar-refractivity contribution in [2.45, 2.75) is 59.1 Å². The number of alkyl halides is 3. The molecule has 2 nitrogen and oxygen atoms in total. The molecule has 0 unspecified atom stereocenters. The van der Waals surface area contributed by atoms with Gasteiger partial charge in [0.2, 0.25) is 0 Å². The fourth-order valence-electron chi connectivity index (χ4n) is 2.32. The number of rotatable bonds is 10. The highest BCUT2D eigenvalue weighted by Gasteiger charge is 2.35. The molecule has 0 radical (unpaired) electrons. The first-order chi connectivity index (χ1) is 11.4. The number of halogens is 3. The molecule has 0 spiro atoms. The normalized spacial score (nSPS) is 11.4. The molecule has 0 aliphatic carbocycles. The summed E-state index contributed by atoms with van der Waals surface area (Å²) in [6, 6.07) is 3.01. The molecule has 0 saturated heterocycles. The van der Waals surface area contributed by atoms with Crippen LogP contribution >= 0.6 is 0 Å². The Morgan fingerprint density at radius 3 is 2.25 bits per heavy atom. The van der Waals surface area contributed by atoms with E-state index in [1.54, 1.807) is 6.07 Å². The standard InChI is InChI=1S/C19H27F3O2/c1-5-8-13-23-17-11-10-15(14(4)19(20,21)22)18(24-12-7-3)16(17)9-6-2/h10-11H,4-9,12-13H2,1-3H3. The molecule has 0 aliphatic rings. The van der Waals surface area contributed by atoms with Gasteiger partial charge in [-0.05, 0) is 31.4 Å². The van der Waals surface area contributed by atoms with Crippen molar-refractivity contribution >= 4 is 5.57 Å². The summed E-state index contributed by atoms with van der Waals surface area (Å²) >= 11 is 0. The van der Waals surface area contributed by atoms with Gasteiger partial charge in [0.05, 0.1) is 18.8 Å². The summed E-state index contributed by atoms with van der Waals surface area (Å²) in [6.07, 6.45) is -0.504. The first-order valence-electron chi connectivity index (χ1n) is 8.54. The minimum atomic E-state index is -4.49. The van der Waals surface area contributed by atoms with Crippen LogP contribution in [0.25, 0.3) is 5.57 Å². The summed E-state index contributed by atoms with van der Waals surface area (Å²) < 4.78 is 50.8. The SMILES string of the molecule is C=C(c1ccc(OCCCC)c(CCC)c1OCCC)C(F)(F)F. The van der Waals surface area contributed by atoms with E-state index in [2.05, 4.69) is 13.5 Å². The molecule has 0 aromatic heterocycles. The molecule has 0 atom stereocenters. The highest BCUT2D eigenvalue weighted by molar-refractivity contribution is 5.75. The quantitative estimate of drug-likeness (QED) is 0.472. The van der Waals surface area contributed by atoms with Gasteiger partial charge in [-0.15, -0.1) is 0 Å². The maximum absolute atomic E-state index is 13.1. The molecule has 0 amide bonds. The Kier molecular flexibility index (Phi) is 8.16. The average Bonchev–Trinajstić information content (AvgIpc) is 2.53. The maximum atomic E-state index is 13.1. The largest absolute Gasteiger partial charge is 0.493 e. The lowest BCUT2D eigenvalue weighted by Gasteiger charge is -2.21. The lowest BCUT2D eigenvalue weighted by molar-refractivity contribution is -0.0688. The molecule has 0 N–H and O–H groups in total. The van der Waals surface area contributed by atoms with Gasteiger partial charge in [0.15, 0.2) is 0 Å². The number of ether oxygens (including phenoxy) is 2. The number of allylic oxidation sites excluding steroid dienone is 1.